The van der Waals surface area contributed by atoms with Crippen molar-refractivity contribution in [2.75, 3.05) is 6.61 Å². The monoisotopic (exact) mass is 411 g/mol. The number of carbonyl (C=O) groups is 3. The van der Waals surface area contributed by atoms with Crippen LogP contribution in [-0.2, 0) is 4.74 Å². The van der Waals surface area contributed by atoms with Gasteiger partial charge >= 0.3 is 5.97 Å². The Morgan fingerprint density at radius 3 is 2.32 bits per heavy atom. The summed E-state index contributed by atoms with van der Waals surface area (Å²) in [5.41, 5.74) is 1.73. The average Bonchev–Trinajstić information content (AvgIpc) is 3.13. The number of carbonyl (C=O) groups excluding carboxylic acids is 3. The van der Waals surface area contributed by atoms with Crippen LogP contribution in [0.4, 0.5) is 0 Å². The van der Waals surface area contributed by atoms with Gasteiger partial charge in [-0.3, -0.25) is 9.59 Å². The van der Waals surface area contributed by atoms with Gasteiger partial charge in [-0.25, -0.2) is 4.79 Å². The van der Waals surface area contributed by atoms with Gasteiger partial charge in [-0.1, -0.05) is 68.3 Å². The number of aromatic nitrogens is 1. The second-order valence-corrected chi connectivity index (χ2v) is 7.80. The van der Waals surface area contributed by atoms with E-state index < -0.39 is 5.97 Å². The lowest BCUT2D eigenvalue weighted by molar-refractivity contribution is 0.0498. The van der Waals surface area contributed by atoms with Gasteiger partial charge in [-0.05, 0) is 23.3 Å². The zero-order valence-electron chi connectivity index (χ0n) is 17.2. The highest BCUT2D eigenvalue weighted by Crippen LogP contribution is 2.35. The highest BCUT2D eigenvalue weighted by molar-refractivity contribution is 6.32. The zero-order chi connectivity index (χ0) is 21.5. The summed E-state index contributed by atoms with van der Waals surface area (Å²) in [6.07, 6.45) is 4.54. The summed E-state index contributed by atoms with van der Waals surface area (Å²) in [5.74, 6) is -1.15. The Labute approximate surface area is 179 Å². The van der Waals surface area contributed by atoms with E-state index in [0.717, 1.165) is 30.0 Å². The SMILES string of the molecule is CCCCCOC(=O)c1c2c(n3cc4ccccc4cc13)C(=O)c1ccccc1C2=O. The molecular formula is C26H21NO4. The molecule has 0 fully saturated rings. The smallest absolute Gasteiger partial charge is 0.341 e. The number of benzene rings is 2. The minimum Gasteiger partial charge on any atom is -0.462 e. The molecule has 0 saturated heterocycles. The summed E-state index contributed by atoms with van der Waals surface area (Å²) in [7, 11) is 0. The molecule has 5 heteroatoms. The zero-order valence-corrected chi connectivity index (χ0v) is 17.2. The lowest BCUT2D eigenvalue weighted by atomic mass is 9.86. The number of ketones is 2. The Kier molecular flexibility index (Phi) is 4.66. The molecule has 0 unspecified atom stereocenters. The fourth-order valence-corrected chi connectivity index (χ4v) is 4.31. The van der Waals surface area contributed by atoms with Crippen molar-refractivity contribution >= 4 is 33.8 Å². The summed E-state index contributed by atoms with van der Waals surface area (Å²) >= 11 is 0. The van der Waals surface area contributed by atoms with Crippen LogP contribution in [-0.4, -0.2) is 28.5 Å². The second-order valence-electron chi connectivity index (χ2n) is 7.80. The Balaban J connectivity index is 1.77. The highest BCUT2D eigenvalue weighted by Gasteiger charge is 2.38. The molecule has 0 atom stereocenters. The summed E-state index contributed by atoms with van der Waals surface area (Å²) < 4.78 is 7.21. The molecule has 31 heavy (non-hydrogen) atoms. The van der Waals surface area contributed by atoms with Crippen molar-refractivity contribution in [2.24, 2.45) is 0 Å². The van der Waals surface area contributed by atoms with Gasteiger partial charge in [0.1, 0.15) is 5.69 Å². The Hall–Kier alpha value is -3.73. The van der Waals surface area contributed by atoms with Crippen molar-refractivity contribution in [3.63, 3.8) is 0 Å². The molecule has 0 bridgehead atoms. The van der Waals surface area contributed by atoms with E-state index in [1.54, 1.807) is 28.7 Å². The lowest BCUT2D eigenvalue weighted by Crippen LogP contribution is -2.23. The van der Waals surface area contributed by atoms with Gasteiger partial charge in [0, 0.05) is 17.3 Å². The van der Waals surface area contributed by atoms with Crippen LogP contribution in [0.5, 0.6) is 0 Å². The molecule has 0 amide bonds. The summed E-state index contributed by atoms with van der Waals surface area (Å²) in [6.45, 7) is 2.36. The maximum absolute atomic E-state index is 13.4. The van der Waals surface area contributed by atoms with Crippen LogP contribution < -0.4 is 0 Å². The molecule has 0 radical (unpaired) electrons. The Morgan fingerprint density at radius 1 is 0.903 bits per heavy atom. The van der Waals surface area contributed by atoms with E-state index in [9.17, 15) is 14.4 Å². The molecule has 0 spiro atoms. The maximum atomic E-state index is 13.4. The molecule has 5 nitrogen and oxygen atoms in total. The van der Waals surface area contributed by atoms with Gasteiger partial charge in [0.05, 0.1) is 23.3 Å². The van der Waals surface area contributed by atoms with E-state index in [1.165, 1.54) is 0 Å². The van der Waals surface area contributed by atoms with Crippen molar-refractivity contribution in [3.8, 4) is 0 Å². The van der Waals surface area contributed by atoms with Gasteiger partial charge in [0.25, 0.3) is 0 Å². The number of nitrogens with zero attached hydrogens (tertiary/aromatic N) is 1. The molecular weight excluding hydrogens is 390 g/mol. The molecule has 5 rings (SSSR count). The van der Waals surface area contributed by atoms with Crippen molar-refractivity contribution in [2.45, 2.75) is 26.2 Å². The van der Waals surface area contributed by atoms with Crippen LogP contribution >= 0.6 is 0 Å². The number of hydrogen-bond donors (Lipinski definition) is 0. The van der Waals surface area contributed by atoms with E-state index in [0.29, 0.717) is 16.6 Å². The molecule has 0 aliphatic heterocycles. The second kappa shape index (κ2) is 7.51. The van der Waals surface area contributed by atoms with E-state index in [1.807, 2.05) is 36.5 Å². The largest absolute Gasteiger partial charge is 0.462 e. The summed E-state index contributed by atoms with van der Waals surface area (Å²) in [5, 5.41) is 1.83. The first-order chi connectivity index (χ1) is 15.1. The number of esters is 1. The average molecular weight is 411 g/mol. The number of fused-ring (bicyclic) bond motifs is 5. The molecule has 1 aliphatic carbocycles. The van der Waals surface area contributed by atoms with E-state index in [4.69, 9.17) is 4.74 Å². The fourth-order valence-electron chi connectivity index (χ4n) is 4.31. The third-order valence-electron chi connectivity index (χ3n) is 5.84. The number of ether oxygens (including phenoxy) is 1. The van der Waals surface area contributed by atoms with Gasteiger partial charge < -0.3 is 9.14 Å². The minimum absolute atomic E-state index is 0.138. The van der Waals surface area contributed by atoms with Crippen LogP contribution in [0, 0.1) is 0 Å². The summed E-state index contributed by atoms with van der Waals surface area (Å²) in [4.78, 5) is 40.0. The quantitative estimate of drug-likeness (QED) is 0.294. The van der Waals surface area contributed by atoms with E-state index in [2.05, 4.69) is 6.92 Å². The standard InChI is InChI=1S/C26H21NO4/c1-2-3-8-13-31-26(30)21-20-14-16-9-4-5-10-17(16)15-27(20)23-22(21)24(28)18-11-6-7-12-19(18)25(23)29/h4-7,9-12,14-15H,2-3,8,13H2,1H3. The fraction of sp³-hybridized carbons (Fsp3) is 0.192. The van der Waals surface area contributed by atoms with Crippen LogP contribution in [0.2, 0.25) is 0 Å². The predicted octanol–water partition coefficient (Wildman–Crippen LogP) is 5.21. The predicted molar refractivity (Wildman–Crippen MR) is 118 cm³/mol. The molecule has 2 heterocycles. The third-order valence-corrected chi connectivity index (χ3v) is 5.84. The maximum Gasteiger partial charge on any atom is 0.341 e. The number of hydrogen-bond acceptors (Lipinski definition) is 4. The molecule has 2 aromatic carbocycles. The van der Waals surface area contributed by atoms with Crippen LogP contribution in [0.15, 0.2) is 60.8 Å². The van der Waals surface area contributed by atoms with Gasteiger partial charge in [0.2, 0.25) is 5.78 Å². The van der Waals surface area contributed by atoms with Crippen molar-refractivity contribution < 1.29 is 19.1 Å². The van der Waals surface area contributed by atoms with E-state index in [-0.39, 0.29) is 35.0 Å². The normalized spacial score (nSPS) is 12.8. The topological polar surface area (TPSA) is 64.8 Å². The first kappa shape index (κ1) is 19.2. The number of pyridine rings is 1. The Bertz CT molecular complexity index is 1380. The minimum atomic E-state index is -0.564. The van der Waals surface area contributed by atoms with E-state index >= 15 is 0 Å². The number of unbranched alkanes of at least 4 members (excludes halogenated alkanes) is 2. The highest BCUT2D eigenvalue weighted by atomic mass is 16.5. The molecule has 0 N–H and O–H groups in total. The Morgan fingerprint density at radius 2 is 1.58 bits per heavy atom. The van der Waals surface area contributed by atoms with Crippen molar-refractivity contribution in [1.82, 2.24) is 4.40 Å². The first-order valence-electron chi connectivity index (χ1n) is 10.5. The molecule has 0 saturated carbocycles. The first-order valence-corrected chi connectivity index (χ1v) is 10.5. The molecule has 4 aromatic rings. The van der Waals surface area contributed by atoms with Gasteiger partial charge in [-0.2, -0.15) is 0 Å². The lowest BCUT2D eigenvalue weighted by Gasteiger charge is -2.15. The third kappa shape index (κ3) is 2.96. The molecule has 1 aliphatic rings. The van der Waals surface area contributed by atoms with Crippen LogP contribution in [0.1, 0.15) is 68.5 Å². The van der Waals surface area contributed by atoms with Crippen molar-refractivity contribution in [3.05, 3.63) is 88.7 Å². The molecule has 154 valence electrons. The van der Waals surface area contributed by atoms with Crippen LogP contribution in [0.3, 0.4) is 0 Å². The van der Waals surface area contributed by atoms with Gasteiger partial charge in [0.15, 0.2) is 5.78 Å². The van der Waals surface area contributed by atoms with Crippen molar-refractivity contribution in [1.29, 1.82) is 0 Å². The summed E-state index contributed by atoms with van der Waals surface area (Å²) in [6, 6.07) is 16.3. The van der Waals surface area contributed by atoms with Gasteiger partial charge in [-0.15, -0.1) is 0 Å². The number of rotatable bonds is 5. The molecule has 2 aromatic heterocycles. The van der Waals surface area contributed by atoms with Crippen LogP contribution in [0.25, 0.3) is 16.3 Å².